The standard InChI is InChI=1S/C6H7NO.C4H8O2/c1-8-6-4-2-3-5-7-6;1-3-4(5)6-2/h2-5H,1H3;3H2,1-2H3. The highest BCUT2D eigenvalue weighted by Gasteiger charge is 1.87. The van der Waals surface area contributed by atoms with E-state index in [1.54, 1.807) is 26.3 Å². The Hall–Kier alpha value is -1.58. The Bertz CT molecular complexity index is 243. The van der Waals surface area contributed by atoms with E-state index in [1.807, 2.05) is 12.1 Å². The van der Waals surface area contributed by atoms with Gasteiger partial charge in [-0.25, -0.2) is 4.98 Å². The molecule has 0 amide bonds. The van der Waals surface area contributed by atoms with Crippen molar-refractivity contribution >= 4 is 5.97 Å². The van der Waals surface area contributed by atoms with E-state index in [0.717, 1.165) is 0 Å². The first-order valence-corrected chi connectivity index (χ1v) is 4.26. The lowest BCUT2D eigenvalue weighted by Crippen LogP contribution is -1.94. The summed E-state index contributed by atoms with van der Waals surface area (Å²) in [5, 5.41) is 0. The van der Waals surface area contributed by atoms with Crippen LogP contribution >= 0.6 is 0 Å². The highest BCUT2D eigenvalue weighted by molar-refractivity contribution is 5.68. The zero-order valence-corrected chi connectivity index (χ0v) is 8.69. The molecule has 0 saturated heterocycles. The van der Waals surface area contributed by atoms with Crippen LogP contribution < -0.4 is 4.74 Å². The minimum absolute atomic E-state index is 0.157. The molecule has 14 heavy (non-hydrogen) atoms. The van der Waals surface area contributed by atoms with Gasteiger partial charge in [0, 0.05) is 18.7 Å². The van der Waals surface area contributed by atoms with Gasteiger partial charge in [0.15, 0.2) is 0 Å². The molecule has 1 aromatic rings. The summed E-state index contributed by atoms with van der Waals surface area (Å²) in [5.74, 6) is 0.502. The molecule has 4 nitrogen and oxygen atoms in total. The van der Waals surface area contributed by atoms with Crippen molar-refractivity contribution in [2.45, 2.75) is 13.3 Å². The van der Waals surface area contributed by atoms with Gasteiger partial charge in [0.1, 0.15) is 0 Å². The summed E-state index contributed by atoms with van der Waals surface area (Å²) in [4.78, 5) is 13.8. The van der Waals surface area contributed by atoms with E-state index >= 15 is 0 Å². The maximum Gasteiger partial charge on any atom is 0.305 e. The summed E-state index contributed by atoms with van der Waals surface area (Å²) in [6, 6.07) is 5.54. The lowest BCUT2D eigenvalue weighted by atomic mass is 10.5. The highest BCUT2D eigenvalue weighted by Crippen LogP contribution is 1.99. The van der Waals surface area contributed by atoms with Crippen LogP contribution in [-0.2, 0) is 9.53 Å². The van der Waals surface area contributed by atoms with Crippen molar-refractivity contribution in [3.05, 3.63) is 24.4 Å². The zero-order valence-electron chi connectivity index (χ0n) is 8.69. The number of nitrogens with zero attached hydrogens (tertiary/aromatic N) is 1. The average molecular weight is 197 g/mol. The summed E-state index contributed by atoms with van der Waals surface area (Å²) in [6.45, 7) is 1.76. The van der Waals surface area contributed by atoms with Crippen molar-refractivity contribution in [1.82, 2.24) is 4.98 Å². The van der Waals surface area contributed by atoms with Crippen molar-refractivity contribution in [2.24, 2.45) is 0 Å². The molecule has 0 N–H and O–H groups in total. The fraction of sp³-hybridized carbons (Fsp3) is 0.400. The molecular weight excluding hydrogens is 182 g/mol. The summed E-state index contributed by atoms with van der Waals surface area (Å²) in [7, 11) is 2.98. The van der Waals surface area contributed by atoms with Gasteiger partial charge >= 0.3 is 5.97 Å². The lowest BCUT2D eigenvalue weighted by Gasteiger charge is -1.92. The molecule has 0 bridgehead atoms. The molecule has 1 heterocycles. The number of methoxy groups -OCH3 is 2. The van der Waals surface area contributed by atoms with E-state index in [0.29, 0.717) is 12.3 Å². The first-order chi connectivity index (χ1) is 6.74. The van der Waals surface area contributed by atoms with Crippen molar-refractivity contribution in [2.75, 3.05) is 14.2 Å². The van der Waals surface area contributed by atoms with Crippen LogP contribution in [0.15, 0.2) is 24.4 Å². The van der Waals surface area contributed by atoms with Gasteiger partial charge in [-0.05, 0) is 6.07 Å². The predicted octanol–water partition coefficient (Wildman–Crippen LogP) is 1.66. The molecule has 0 aromatic carbocycles. The molecule has 0 aliphatic heterocycles. The maximum atomic E-state index is 9.96. The Morgan fingerprint density at radius 1 is 1.43 bits per heavy atom. The molecule has 0 unspecified atom stereocenters. The zero-order chi connectivity index (χ0) is 10.8. The van der Waals surface area contributed by atoms with E-state index in [2.05, 4.69) is 9.72 Å². The number of hydrogen-bond donors (Lipinski definition) is 0. The number of esters is 1. The molecule has 0 saturated carbocycles. The molecule has 1 rings (SSSR count). The number of carbonyl (C=O) groups excluding carboxylic acids is 1. The minimum atomic E-state index is -0.157. The van der Waals surface area contributed by atoms with E-state index in [9.17, 15) is 4.79 Å². The molecule has 0 aliphatic carbocycles. The first kappa shape index (κ1) is 12.4. The Morgan fingerprint density at radius 3 is 2.36 bits per heavy atom. The number of ether oxygens (including phenoxy) is 2. The van der Waals surface area contributed by atoms with Gasteiger partial charge in [0.2, 0.25) is 5.88 Å². The van der Waals surface area contributed by atoms with Crippen molar-refractivity contribution < 1.29 is 14.3 Å². The average Bonchev–Trinajstić information content (AvgIpc) is 2.30. The summed E-state index contributed by atoms with van der Waals surface area (Å²) < 4.78 is 9.06. The second-order valence-electron chi connectivity index (χ2n) is 2.30. The maximum absolute atomic E-state index is 9.96. The second kappa shape index (κ2) is 8.04. The predicted molar refractivity (Wildman–Crippen MR) is 53.1 cm³/mol. The smallest absolute Gasteiger partial charge is 0.305 e. The van der Waals surface area contributed by atoms with Crippen molar-refractivity contribution in [3.8, 4) is 5.88 Å². The lowest BCUT2D eigenvalue weighted by molar-refractivity contribution is -0.140. The monoisotopic (exact) mass is 197 g/mol. The molecular formula is C10H15NO3. The summed E-state index contributed by atoms with van der Waals surface area (Å²) >= 11 is 0. The van der Waals surface area contributed by atoms with Crippen LogP contribution in [-0.4, -0.2) is 25.2 Å². The number of pyridine rings is 1. The van der Waals surface area contributed by atoms with Gasteiger partial charge in [-0.3, -0.25) is 4.79 Å². The van der Waals surface area contributed by atoms with Gasteiger partial charge in [0.25, 0.3) is 0 Å². The van der Waals surface area contributed by atoms with Crippen LogP contribution in [0.1, 0.15) is 13.3 Å². The van der Waals surface area contributed by atoms with Crippen molar-refractivity contribution in [1.29, 1.82) is 0 Å². The van der Waals surface area contributed by atoms with Gasteiger partial charge in [-0.2, -0.15) is 0 Å². The van der Waals surface area contributed by atoms with Gasteiger partial charge in [-0.1, -0.05) is 13.0 Å². The van der Waals surface area contributed by atoms with Gasteiger partial charge < -0.3 is 9.47 Å². The Morgan fingerprint density at radius 2 is 2.14 bits per heavy atom. The van der Waals surface area contributed by atoms with Crippen LogP contribution in [0.3, 0.4) is 0 Å². The fourth-order valence-corrected chi connectivity index (χ4v) is 0.612. The molecule has 0 spiro atoms. The van der Waals surface area contributed by atoms with E-state index in [4.69, 9.17) is 4.74 Å². The Kier molecular flexibility index (Phi) is 7.13. The third kappa shape index (κ3) is 5.99. The third-order valence-electron chi connectivity index (χ3n) is 1.36. The largest absolute Gasteiger partial charge is 0.481 e. The number of carbonyl (C=O) groups is 1. The molecule has 78 valence electrons. The van der Waals surface area contributed by atoms with E-state index in [1.165, 1.54) is 7.11 Å². The number of rotatable bonds is 2. The third-order valence-corrected chi connectivity index (χ3v) is 1.36. The van der Waals surface area contributed by atoms with E-state index < -0.39 is 0 Å². The molecule has 0 aliphatic rings. The van der Waals surface area contributed by atoms with Crippen LogP contribution in [0.25, 0.3) is 0 Å². The first-order valence-electron chi connectivity index (χ1n) is 4.26. The summed E-state index contributed by atoms with van der Waals surface area (Å²) in [5.41, 5.74) is 0. The molecule has 0 atom stereocenters. The number of aromatic nitrogens is 1. The topological polar surface area (TPSA) is 48.4 Å². The quantitative estimate of drug-likeness (QED) is 0.676. The van der Waals surface area contributed by atoms with Gasteiger partial charge in [0.05, 0.1) is 14.2 Å². The number of hydrogen-bond acceptors (Lipinski definition) is 4. The summed E-state index contributed by atoms with van der Waals surface area (Å²) in [6.07, 6.45) is 2.16. The normalized spacial score (nSPS) is 8.21. The van der Waals surface area contributed by atoms with Crippen LogP contribution in [0.4, 0.5) is 0 Å². The molecule has 1 aromatic heterocycles. The van der Waals surface area contributed by atoms with Crippen LogP contribution in [0.5, 0.6) is 5.88 Å². The Labute approximate surface area is 83.9 Å². The van der Waals surface area contributed by atoms with Gasteiger partial charge in [-0.15, -0.1) is 0 Å². The second-order valence-corrected chi connectivity index (χ2v) is 2.30. The van der Waals surface area contributed by atoms with E-state index in [-0.39, 0.29) is 5.97 Å². The fourth-order valence-electron chi connectivity index (χ4n) is 0.612. The molecule has 0 fully saturated rings. The highest BCUT2D eigenvalue weighted by atomic mass is 16.5. The minimum Gasteiger partial charge on any atom is -0.481 e. The molecule has 0 radical (unpaired) electrons. The Balaban J connectivity index is 0.000000255. The van der Waals surface area contributed by atoms with Crippen LogP contribution in [0.2, 0.25) is 0 Å². The van der Waals surface area contributed by atoms with Crippen molar-refractivity contribution in [3.63, 3.8) is 0 Å². The molecule has 4 heteroatoms. The SMILES string of the molecule is CCC(=O)OC.COc1ccccn1. The van der Waals surface area contributed by atoms with Crippen LogP contribution in [0, 0.1) is 0 Å².